The number of hydrogen-bond acceptors (Lipinski definition) is 5. The van der Waals surface area contributed by atoms with Gasteiger partial charge in [-0.1, -0.05) is 43.2 Å². The van der Waals surface area contributed by atoms with Crippen molar-refractivity contribution in [1.29, 1.82) is 0 Å². The van der Waals surface area contributed by atoms with Crippen LogP contribution in [0.25, 0.3) is 11.0 Å². The molecule has 0 aliphatic heterocycles. The lowest BCUT2D eigenvalue weighted by Crippen LogP contribution is -2.28. The average Bonchev–Trinajstić information content (AvgIpc) is 3.52. The number of benzene rings is 2. The van der Waals surface area contributed by atoms with Crippen molar-refractivity contribution in [3.8, 4) is 0 Å². The molecular formula is C26H25FN6O2. The first kappa shape index (κ1) is 22.5. The molecule has 4 N–H and O–H groups in total. The molecule has 4 aromatic rings. The van der Waals surface area contributed by atoms with Crippen LogP contribution in [0.15, 0.2) is 61.1 Å². The first-order chi connectivity index (χ1) is 17.0. The van der Waals surface area contributed by atoms with Crippen molar-refractivity contribution >= 4 is 34.4 Å². The number of rotatable bonds is 6. The Labute approximate surface area is 201 Å². The molecule has 5 rings (SSSR count). The molecule has 8 nitrogen and oxygen atoms in total. The Morgan fingerprint density at radius 3 is 2.69 bits per heavy atom. The maximum atomic E-state index is 13.8. The SMILES string of the molecule is Nc1ncnc2c1c(C(=O)c1cccc(NC(=O)NCc3ccccc3F)c1)cn2C1CCCC1. The van der Waals surface area contributed by atoms with Gasteiger partial charge in [-0.2, -0.15) is 0 Å². The van der Waals surface area contributed by atoms with E-state index in [-0.39, 0.29) is 30.0 Å². The number of amides is 2. The lowest BCUT2D eigenvalue weighted by atomic mass is 10.0. The van der Waals surface area contributed by atoms with Crippen molar-refractivity contribution in [2.75, 3.05) is 11.1 Å². The first-order valence-corrected chi connectivity index (χ1v) is 11.6. The summed E-state index contributed by atoms with van der Waals surface area (Å²) in [6.45, 7) is 0.0388. The highest BCUT2D eigenvalue weighted by molar-refractivity contribution is 6.18. The second-order valence-corrected chi connectivity index (χ2v) is 8.65. The molecule has 0 spiro atoms. The number of ketones is 1. The molecule has 0 atom stereocenters. The summed E-state index contributed by atoms with van der Waals surface area (Å²) >= 11 is 0. The van der Waals surface area contributed by atoms with E-state index in [2.05, 4.69) is 20.6 Å². The van der Waals surface area contributed by atoms with Crippen LogP contribution >= 0.6 is 0 Å². The Kier molecular flexibility index (Phi) is 6.13. The van der Waals surface area contributed by atoms with Crippen molar-refractivity contribution in [2.24, 2.45) is 0 Å². The molecule has 0 bridgehead atoms. The van der Waals surface area contributed by atoms with E-state index >= 15 is 0 Å². The van der Waals surface area contributed by atoms with Gasteiger partial charge < -0.3 is 20.9 Å². The molecule has 1 aliphatic carbocycles. The van der Waals surface area contributed by atoms with Gasteiger partial charge in [0.05, 0.1) is 10.9 Å². The van der Waals surface area contributed by atoms with Gasteiger partial charge in [0.25, 0.3) is 0 Å². The van der Waals surface area contributed by atoms with E-state index < -0.39 is 6.03 Å². The smallest absolute Gasteiger partial charge is 0.319 e. The van der Waals surface area contributed by atoms with Crippen LogP contribution in [-0.2, 0) is 6.54 Å². The minimum atomic E-state index is -0.506. The first-order valence-electron chi connectivity index (χ1n) is 11.6. The van der Waals surface area contributed by atoms with E-state index in [1.165, 1.54) is 12.4 Å². The number of urea groups is 1. The minimum absolute atomic E-state index is 0.0388. The summed E-state index contributed by atoms with van der Waals surface area (Å²) in [7, 11) is 0. The molecule has 0 radical (unpaired) electrons. The largest absolute Gasteiger partial charge is 0.383 e. The molecular weight excluding hydrogens is 447 g/mol. The molecule has 0 saturated heterocycles. The number of nitrogen functional groups attached to an aromatic ring is 1. The minimum Gasteiger partial charge on any atom is -0.383 e. The summed E-state index contributed by atoms with van der Waals surface area (Å²) in [6.07, 6.45) is 7.59. The summed E-state index contributed by atoms with van der Waals surface area (Å²) in [6, 6.07) is 12.7. The fourth-order valence-electron chi connectivity index (χ4n) is 4.63. The number of nitrogens with zero attached hydrogens (tertiary/aromatic N) is 3. The van der Waals surface area contributed by atoms with Crippen molar-refractivity contribution in [1.82, 2.24) is 19.9 Å². The highest BCUT2D eigenvalue weighted by Gasteiger charge is 2.25. The average molecular weight is 473 g/mol. The van der Waals surface area contributed by atoms with E-state index in [0.29, 0.717) is 33.4 Å². The van der Waals surface area contributed by atoms with Crippen LogP contribution < -0.4 is 16.4 Å². The maximum Gasteiger partial charge on any atom is 0.319 e. The number of aromatic nitrogens is 3. The molecule has 9 heteroatoms. The van der Waals surface area contributed by atoms with Crippen LogP contribution in [0.1, 0.15) is 53.2 Å². The van der Waals surface area contributed by atoms with E-state index in [9.17, 15) is 14.0 Å². The van der Waals surface area contributed by atoms with E-state index in [1.54, 1.807) is 42.5 Å². The Hall–Kier alpha value is -4.27. The van der Waals surface area contributed by atoms with Gasteiger partial charge in [-0.15, -0.1) is 0 Å². The van der Waals surface area contributed by atoms with Crippen LogP contribution in [0.3, 0.4) is 0 Å². The topological polar surface area (TPSA) is 115 Å². The molecule has 1 aliphatic rings. The predicted octanol–water partition coefficient (Wildman–Crippen LogP) is 4.82. The van der Waals surface area contributed by atoms with E-state index in [4.69, 9.17) is 5.73 Å². The van der Waals surface area contributed by atoms with Gasteiger partial charge in [-0.3, -0.25) is 4.79 Å². The monoisotopic (exact) mass is 472 g/mol. The van der Waals surface area contributed by atoms with Crippen LogP contribution in [0.2, 0.25) is 0 Å². The van der Waals surface area contributed by atoms with Crippen LogP contribution in [0.5, 0.6) is 0 Å². The molecule has 2 aromatic carbocycles. The summed E-state index contributed by atoms with van der Waals surface area (Å²) in [5, 5.41) is 5.87. The highest BCUT2D eigenvalue weighted by Crippen LogP contribution is 2.35. The molecule has 35 heavy (non-hydrogen) atoms. The van der Waals surface area contributed by atoms with Crippen molar-refractivity contribution in [3.63, 3.8) is 0 Å². The number of carbonyl (C=O) groups is 2. The summed E-state index contributed by atoms with van der Waals surface area (Å²) in [4.78, 5) is 34.4. The lowest BCUT2D eigenvalue weighted by molar-refractivity contribution is 0.104. The normalized spacial score (nSPS) is 13.7. The molecule has 1 saturated carbocycles. The Balaban J connectivity index is 1.37. The van der Waals surface area contributed by atoms with Crippen molar-refractivity contribution < 1.29 is 14.0 Å². The second-order valence-electron chi connectivity index (χ2n) is 8.65. The molecule has 1 fully saturated rings. The molecule has 2 amide bonds. The van der Waals surface area contributed by atoms with Gasteiger partial charge >= 0.3 is 6.03 Å². The van der Waals surface area contributed by atoms with Crippen molar-refractivity contribution in [2.45, 2.75) is 38.3 Å². The molecule has 2 heterocycles. The number of fused-ring (bicyclic) bond motifs is 1. The van der Waals surface area contributed by atoms with Crippen LogP contribution in [0, 0.1) is 5.82 Å². The van der Waals surface area contributed by atoms with E-state index in [0.717, 1.165) is 25.7 Å². The number of hydrogen-bond donors (Lipinski definition) is 3. The highest BCUT2D eigenvalue weighted by atomic mass is 19.1. The van der Waals surface area contributed by atoms with Gasteiger partial charge in [0, 0.05) is 35.6 Å². The number of nitrogens with one attached hydrogen (secondary N) is 2. The standard InChI is InChI=1S/C26H25FN6O2/c27-21-11-4-1-6-17(21)13-29-26(35)32-18-8-5-7-16(12-18)23(34)20-14-33(19-9-2-3-10-19)25-22(20)24(28)30-15-31-25/h1,4-8,11-12,14-15,19H,2-3,9-10,13H2,(H2,28,30,31)(H2,29,32,35). The summed E-state index contributed by atoms with van der Waals surface area (Å²) in [5.41, 5.74) is 8.47. The number of carbonyl (C=O) groups excluding carboxylic acids is 2. The predicted molar refractivity (Wildman–Crippen MR) is 132 cm³/mol. The summed E-state index contributed by atoms with van der Waals surface area (Å²) < 4.78 is 15.8. The fraction of sp³-hybridized carbons (Fsp3) is 0.231. The van der Waals surface area contributed by atoms with Gasteiger partial charge in [0.1, 0.15) is 23.6 Å². The fourth-order valence-corrected chi connectivity index (χ4v) is 4.63. The van der Waals surface area contributed by atoms with Gasteiger partial charge in [0.15, 0.2) is 5.78 Å². The van der Waals surface area contributed by atoms with E-state index in [1.807, 2.05) is 10.8 Å². The molecule has 2 aromatic heterocycles. The third-order valence-corrected chi connectivity index (χ3v) is 6.38. The quantitative estimate of drug-likeness (QED) is 0.348. The van der Waals surface area contributed by atoms with Gasteiger partial charge in [-0.25, -0.2) is 19.2 Å². The zero-order chi connectivity index (χ0) is 24.4. The second kappa shape index (κ2) is 9.54. The Bertz CT molecular complexity index is 1410. The third-order valence-electron chi connectivity index (χ3n) is 6.38. The molecule has 0 unspecified atom stereocenters. The van der Waals surface area contributed by atoms with Crippen molar-refractivity contribution in [3.05, 3.63) is 83.6 Å². The number of nitrogens with two attached hydrogens (primary N) is 1. The van der Waals surface area contributed by atoms with Gasteiger partial charge in [0.2, 0.25) is 0 Å². The third kappa shape index (κ3) is 4.57. The number of halogens is 1. The maximum absolute atomic E-state index is 13.8. The number of anilines is 2. The van der Waals surface area contributed by atoms with Crippen LogP contribution in [-0.4, -0.2) is 26.3 Å². The van der Waals surface area contributed by atoms with Crippen LogP contribution in [0.4, 0.5) is 20.7 Å². The Morgan fingerprint density at radius 2 is 1.89 bits per heavy atom. The summed E-state index contributed by atoms with van der Waals surface area (Å²) in [5.74, 6) is -0.360. The zero-order valence-corrected chi connectivity index (χ0v) is 19.0. The van der Waals surface area contributed by atoms with Gasteiger partial charge in [-0.05, 0) is 31.0 Å². The zero-order valence-electron chi connectivity index (χ0n) is 19.0. The molecule has 178 valence electrons. The Morgan fingerprint density at radius 1 is 1.09 bits per heavy atom. The lowest BCUT2D eigenvalue weighted by Gasteiger charge is -2.12.